The van der Waals surface area contributed by atoms with Crippen molar-refractivity contribution < 1.29 is 29.2 Å². The zero-order chi connectivity index (χ0) is 20.6. The van der Waals surface area contributed by atoms with Crippen LogP contribution in [0.1, 0.15) is 11.1 Å². The summed E-state index contributed by atoms with van der Waals surface area (Å²) < 4.78 is 16.9. The highest BCUT2D eigenvalue weighted by Gasteiger charge is 2.49. The summed E-state index contributed by atoms with van der Waals surface area (Å²) in [4.78, 5) is 14.5. The number of aliphatic hydroxyl groups is 1. The molecule has 0 aromatic heterocycles. The molecule has 1 saturated heterocycles. The van der Waals surface area contributed by atoms with E-state index in [2.05, 4.69) is 10.0 Å². The standard InChI is InChI=1S/C20H21N3O6/c21-23-22-15-16(27-11-13-7-3-1-4-8-13)17(18(19(24)25)29-20(15)26)28-12-14-9-5-2-6-10-14/h1-10,15-18,20,26H,11-12H2,(H,24,25)/t15-,16-,17+,18+,20+/m1/s1. The van der Waals surface area contributed by atoms with Gasteiger partial charge in [-0.05, 0) is 16.7 Å². The number of azide groups is 1. The Bertz CT molecular complexity index is 844. The van der Waals surface area contributed by atoms with E-state index in [-0.39, 0.29) is 13.2 Å². The van der Waals surface area contributed by atoms with E-state index in [0.717, 1.165) is 11.1 Å². The molecule has 2 N–H and O–H groups in total. The van der Waals surface area contributed by atoms with Crippen LogP contribution in [-0.4, -0.2) is 46.8 Å². The van der Waals surface area contributed by atoms with Crippen molar-refractivity contribution in [2.75, 3.05) is 0 Å². The fourth-order valence-corrected chi connectivity index (χ4v) is 3.13. The van der Waals surface area contributed by atoms with Gasteiger partial charge in [-0.3, -0.25) is 0 Å². The second-order valence-electron chi connectivity index (χ2n) is 6.50. The van der Waals surface area contributed by atoms with Gasteiger partial charge in [-0.25, -0.2) is 4.79 Å². The summed E-state index contributed by atoms with van der Waals surface area (Å²) in [5, 5.41) is 23.3. The van der Waals surface area contributed by atoms with E-state index in [1.54, 1.807) is 0 Å². The lowest BCUT2D eigenvalue weighted by Crippen LogP contribution is -2.60. The molecule has 9 heteroatoms. The number of hydrogen-bond acceptors (Lipinski definition) is 6. The van der Waals surface area contributed by atoms with Crippen molar-refractivity contribution in [1.29, 1.82) is 0 Å². The molecule has 0 spiro atoms. The minimum atomic E-state index is -1.63. The second-order valence-corrected chi connectivity index (χ2v) is 6.50. The van der Waals surface area contributed by atoms with E-state index in [1.165, 1.54) is 0 Å². The zero-order valence-corrected chi connectivity index (χ0v) is 15.4. The van der Waals surface area contributed by atoms with Gasteiger partial charge >= 0.3 is 5.97 Å². The van der Waals surface area contributed by atoms with Crippen LogP contribution in [0.3, 0.4) is 0 Å². The number of nitrogens with zero attached hydrogens (tertiary/aromatic N) is 3. The summed E-state index contributed by atoms with van der Waals surface area (Å²) in [7, 11) is 0. The lowest BCUT2D eigenvalue weighted by Gasteiger charge is -2.41. The number of carboxylic acid groups (broad SMARTS) is 1. The van der Waals surface area contributed by atoms with Gasteiger partial charge in [0.15, 0.2) is 12.4 Å². The number of aliphatic carboxylic acids is 1. The Morgan fingerprint density at radius 3 is 2.00 bits per heavy atom. The molecule has 152 valence electrons. The predicted molar refractivity (Wildman–Crippen MR) is 101 cm³/mol. The third-order valence-electron chi connectivity index (χ3n) is 4.54. The molecule has 2 aromatic carbocycles. The predicted octanol–water partition coefficient (Wildman–Crippen LogP) is 2.64. The fraction of sp³-hybridized carbons (Fsp3) is 0.350. The first-order chi connectivity index (χ1) is 14.1. The molecule has 0 aliphatic carbocycles. The van der Waals surface area contributed by atoms with Crippen molar-refractivity contribution in [3.8, 4) is 0 Å². The van der Waals surface area contributed by atoms with Crippen LogP contribution in [0.25, 0.3) is 10.4 Å². The van der Waals surface area contributed by atoms with Crippen LogP contribution in [0.5, 0.6) is 0 Å². The molecule has 1 aliphatic heterocycles. The summed E-state index contributed by atoms with van der Waals surface area (Å²) in [5.41, 5.74) is 10.5. The Balaban J connectivity index is 1.84. The van der Waals surface area contributed by atoms with E-state index in [9.17, 15) is 15.0 Å². The minimum Gasteiger partial charge on any atom is -0.479 e. The maximum absolute atomic E-state index is 11.7. The Kier molecular flexibility index (Phi) is 7.18. The highest BCUT2D eigenvalue weighted by molar-refractivity contribution is 5.73. The number of benzene rings is 2. The monoisotopic (exact) mass is 399 g/mol. The quantitative estimate of drug-likeness (QED) is 0.398. The highest BCUT2D eigenvalue weighted by atomic mass is 16.7. The van der Waals surface area contributed by atoms with Gasteiger partial charge in [0.05, 0.1) is 13.2 Å². The maximum Gasteiger partial charge on any atom is 0.335 e. The molecule has 9 nitrogen and oxygen atoms in total. The van der Waals surface area contributed by atoms with Crippen molar-refractivity contribution in [3.05, 3.63) is 82.2 Å². The summed E-state index contributed by atoms with van der Waals surface area (Å²) in [6.07, 6.45) is -5.25. The van der Waals surface area contributed by atoms with Gasteiger partial charge in [0.25, 0.3) is 0 Å². The van der Waals surface area contributed by atoms with E-state index in [0.29, 0.717) is 0 Å². The van der Waals surface area contributed by atoms with E-state index in [4.69, 9.17) is 19.7 Å². The normalized spacial score (nSPS) is 26.4. The average molecular weight is 399 g/mol. The van der Waals surface area contributed by atoms with Gasteiger partial charge in [0.2, 0.25) is 0 Å². The van der Waals surface area contributed by atoms with Crippen molar-refractivity contribution in [2.24, 2.45) is 5.11 Å². The van der Waals surface area contributed by atoms with Crippen molar-refractivity contribution in [2.45, 2.75) is 43.9 Å². The summed E-state index contributed by atoms with van der Waals surface area (Å²) in [6, 6.07) is 17.2. The number of aliphatic hydroxyl groups excluding tert-OH is 1. The van der Waals surface area contributed by atoms with Crippen LogP contribution in [0.15, 0.2) is 65.8 Å². The molecule has 1 fully saturated rings. The highest BCUT2D eigenvalue weighted by Crippen LogP contribution is 2.29. The SMILES string of the molecule is [N-]=[N+]=N[C@@H]1[C@@H](OCc2ccccc2)[C@H](OCc2ccccc2)[C@@H](C(=O)O)O[C@@H]1O. The smallest absolute Gasteiger partial charge is 0.335 e. The van der Waals surface area contributed by atoms with E-state index >= 15 is 0 Å². The lowest BCUT2D eigenvalue weighted by atomic mass is 9.96. The summed E-state index contributed by atoms with van der Waals surface area (Å²) in [6.45, 7) is 0.218. The lowest BCUT2D eigenvalue weighted by molar-refractivity contribution is -0.264. The molecule has 29 heavy (non-hydrogen) atoms. The third kappa shape index (κ3) is 5.32. The number of hydrogen-bond donors (Lipinski definition) is 2. The Morgan fingerprint density at radius 1 is 1.00 bits per heavy atom. The molecule has 1 heterocycles. The van der Waals surface area contributed by atoms with Gasteiger partial charge in [0, 0.05) is 4.91 Å². The minimum absolute atomic E-state index is 0.100. The molecule has 5 atom stereocenters. The molecule has 0 amide bonds. The van der Waals surface area contributed by atoms with Crippen LogP contribution in [0, 0.1) is 0 Å². The summed E-state index contributed by atoms with van der Waals surface area (Å²) >= 11 is 0. The molecule has 1 aliphatic rings. The molecule has 3 rings (SSSR count). The van der Waals surface area contributed by atoms with Gasteiger partial charge in [-0.1, -0.05) is 65.8 Å². The maximum atomic E-state index is 11.7. The second kappa shape index (κ2) is 10.0. The largest absolute Gasteiger partial charge is 0.479 e. The first-order valence-electron chi connectivity index (χ1n) is 9.01. The van der Waals surface area contributed by atoms with Crippen LogP contribution in [0.4, 0.5) is 0 Å². The third-order valence-corrected chi connectivity index (χ3v) is 4.54. The Labute approximate surface area is 167 Å². The molecule has 0 radical (unpaired) electrons. The molecular formula is C20H21N3O6. The molecule has 2 aromatic rings. The van der Waals surface area contributed by atoms with Gasteiger partial charge in [-0.2, -0.15) is 0 Å². The topological polar surface area (TPSA) is 134 Å². The first-order valence-corrected chi connectivity index (χ1v) is 9.01. The number of rotatable bonds is 8. The molecule has 0 unspecified atom stereocenters. The number of carboxylic acids is 1. The van der Waals surface area contributed by atoms with E-state index in [1.807, 2.05) is 60.7 Å². The molecule has 0 saturated carbocycles. The molecular weight excluding hydrogens is 378 g/mol. The van der Waals surface area contributed by atoms with Crippen LogP contribution in [-0.2, 0) is 32.2 Å². The molecule has 0 bridgehead atoms. The van der Waals surface area contributed by atoms with Gasteiger partial charge in [0.1, 0.15) is 18.2 Å². The van der Waals surface area contributed by atoms with Crippen LogP contribution in [0.2, 0.25) is 0 Å². The van der Waals surface area contributed by atoms with Crippen LogP contribution >= 0.6 is 0 Å². The van der Waals surface area contributed by atoms with Crippen molar-refractivity contribution in [1.82, 2.24) is 0 Å². The Hall–Kier alpha value is -2.94. The number of ether oxygens (including phenoxy) is 3. The average Bonchev–Trinajstić information content (AvgIpc) is 2.74. The van der Waals surface area contributed by atoms with Gasteiger partial charge < -0.3 is 24.4 Å². The zero-order valence-electron chi connectivity index (χ0n) is 15.4. The Morgan fingerprint density at radius 2 is 1.52 bits per heavy atom. The summed E-state index contributed by atoms with van der Waals surface area (Å²) in [5.74, 6) is -1.31. The van der Waals surface area contributed by atoms with E-state index < -0.39 is 36.6 Å². The number of carbonyl (C=O) groups is 1. The first kappa shape index (κ1) is 20.8. The van der Waals surface area contributed by atoms with Crippen LogP contribution < -0.4 is 0 Å². The van der Waals surface area contributed by atoms with Crippen molar-refractivity contribution in [3.63, 3.8) is 0 Å². The van der Waals surface area contributed by atoms with Crippen molar-refractivity contribution >= 4 is 5.97 Å². The van der Waals surface area contributed by atoms with Gasteiger partial charge in [-0.15, -0.1) is 0 Å². The fourth-order valence-electron chi connectivity index (χ4n) is 3.13.